The summed E-state index contributed by atoms with van der Waals surface area (Å²) in [6.07, 6.45) is 4.76. The third-order valence-corrected chi connectivity index (χ3v) is 5.78. The molecular weight excluding hydrogens is 346 g/mol. The Bertz CT molecular complexity index is 818. The van der Waals surface area contributed by atoms with E-state index in [9.17, 15) is 0 Å². The number of fused-ring (bicyclic) bond motifs is 1. The number of hydrogen-bond acceptors (Lipinski definition) is 8. The Hall–Kier alpha value is -1.35. The average molecular weight is 364 g/mol. The van der Waals surface area contributed by atoms with Crippen LogP contribution < -0.4 is 11.5 Å². The minimum Gasteiger partial charge on any atom is -0.384 e. The zero-order chi connectivity index (χ0) is 16.2. The van der Waals surface area contributed by atoms with Crippen LogP contribution in [0.2, 0.25) is 0 Å². The highest BCUT2D eigenvalue weighted by atomic mass is 32.2. The van der Waals surface area contributed by atoms with Gasteiger partial charge in [-0.3, -0.25) is 4.98 Å². The lowest BCUT2D eigenvalue weighted by molar-refractivity contribution is 0.898. The second-order valence-corrected chi connectivity index (χ2v) is 7.65. The van der Waals surface area contributed by atoms with E-state index in [-0.39, 0.29) is 0 Å². The molecule has 0 fully saturated rings. The molecular formula is C15H17N5S3. The van der Waals surface area contributed by atoms with E-state index in [1.54, 1.807) is 40.9 Å². The maximum absolute atomic E-state index is 5.80. The van der Waals surface area contributed by atoms with E-state index in [0.29, 0.717) is 17.5 Å². The topological polar surface area (TPSA) is 90.7 Å². The number of aryl methyl sites for hydroxylation is 1. The van der Waals surface area contributed by atoms with Crippen molar-refractivity contribution in [1.29, 1.82) is 0 Å². The van der Waals surface area contributed by atoms with Crippen molar-refractivity contribution < 1.29 is 0 Å². The number of nitrogens with zero attached hydrogens (tertiary/aromatic N) is 3. The number of nitrogens with two attached hydrogens (primary N) is 2. The molecule has 0 aromatic carbocycles. The summed E-state index contributed by atoms with van der Waals surface area (Å²) in [5, 5.41) is 4.94. The van der Waals surface area contributed by atoms with Crippen molar-refractivity contribution in [1.82, 2.24) is 15.0 Å². The van der Waals surface area contributed by atoms with Gasteiger partial charge in [0.1, 0.15) is 10.8 Å². The summed E-state index contributed by atoms with van der Waals surface area (Å²) in [6, 6.07) is 3.93. The van der Waals surface area contributed by atoms with Crippen LogP contribution in [-0.2, 0) is 13.0 Å². The van der Waals surface area contributed by atoms with Gasteiger partial charge in [-0.15, -0.1) is 23.1 Å². The number of aromatic nitrogens is 3. The minimum absolute atomic E-state index is 0.511. The number of anilines is 1. The predicted octanol–water partition coefficient (Wildman–Crippen LogP) is 3.18. The molecule has 120 valence electrons. The second-order valence-electron chi connectivity index (χ2n) is 4.85. The van der Waals surface area contributed by atoms with E-state index < -0.39 is 0 Å². The van der Waals surface area contributed by atoms with Crippen LogP contribution in [0.15, 0.2) is 33.9 Å². The van der Waals surface area contributed by atoms with E-state index in [0.717, 1.165) is 22.9 Å². The summed E-state index contributed by atoms with van der Waals surface area (Å²) < 4.78 is 1.19. The Balaban J connectivity index is 1.67. The molecule has 3 rings (SSSR count). The molecule has 0 aliphatic heterocycles. The first-order valence-corrected chi connectivity index (χ1v) is 10.1. The van der Waals surface area contributed by atoms with Crippen LogP contribution in [0.5, 0.6) is 0 Å². The molecule has 0 bridgehead atoms. The number of nitrogen functional groups attached to an aromatic ring is 1. The van der Waals surface area contributed by atoms with Crippen LogP contribution in [0.3, 0.4) is 0 Å². The number of thiophene rings is 1. The highest BCUT2D eigenvalue weighted by molar-refractivity contribution is 7.99. The monoisotopic (exact) mass is 363 g/mol. The maximum Gasteiger partial charge on any atom is 0.190 e. The SMILES string of the molecule is CSc1cc(N)nc(SCCc2cc3c(CN)csc3cn2)n1. The molecule has 0 saturated heterocycles. The molecule has 0 unspecified atom stereocenters. The summed E-state index contributed by atoms with van der Waals surface area (Å²) in [5.74, 6) is 1.37. The largest absolute Gasteiger partial charge is 0.384 e. The van der Waals surface area contributed by atoms with E-state index in [2.05, 4.69) is 26.4 Å². The zero-order valence-corrected chi connectivity index (χ0v) is 15.1. The standard InChI is InChI=1S/C15H17N5S3/c1-21-14-5-13(17)19-15(20-14)22-3-2-10-4-11-9(6-16)8-23-12(11)7-18-10/h4-5,7-8H,2-3,6,16H2,1H3,(H2,17,19,20). The molecule has 5 nitrogen and oxygen atoms in total. The van der Waals surface area contributed by atoms with Gasteiger partial charge in [-0.25, -0.2) is 9.97 Å². The lowest BCUT2D eigenvalue weighted by atomic mass is 10.1. The Kier molecular flexibility index (Phi) is 5.37. The molecule has 0 amide bonds. The third-order valence-electron chi connectivity index (χ3n) is 3.32. The third kappa shape index (κ3) is 3.95. The summed E-state index contributed by atoms with van der Waals surface area (Å²) in [5.41, 5.74) is 13.8. The van der Waals surface area contributed by atoms with Crippen LogP contribution in [0.1, 0.15) is 11.3 Å². The van der Waals surface area contributed by atoms with E-state index in [4.69, 9.17) is 11.5 Å². The van der Waals surface area contributed by atoms with E-state index in [1.165, 1.54) is 15.6 Å². The van der Waals surface area contributed by atoms with Gasteiger partial charge in [0.25, 0.3) is 0 Å². The first kappa shape index (κ1) is 16.5. The fourth-order valence-corrected chi connectivity index (χ4v) is 4.38. The summed E-state index contributed by atoms with van der Waals surface area (Å²) in [4.78, 5) is 13.2. The predicted molar refractivity (Wildman–Crippen MR) is 100 cm³/mol. The van der Waals surface area contributed by atoms with Gasteiger partial charge < -0.3 is 11.5 Å². The number of thioether (sulfide) groups is 2. The highest BCUT2D eigenvalue weighted by Gasteiger charge is 2.07. The van der Waals surface area contributed by atoms with Gasteiger partial charge in [-0.1, -0.05) is 11.8 Å². The van der Waals surface area contributed by atoms with E-state index >= 15 is 0 Å². The van der Waals surface area contributed by atoms with Gasteiger partial charge in [0.2, 0.25) is 0 Å². The quantitative estimate of drug-likeness (QED) is 0.395. The van der Waals surface area contributed by atoms with Gasteiger partial charge in [0.15, 0.2) is 5.16 Å². The number of rotatable bonds is 6. The second kappa shape index (κ2) is 7.48. The van der Waals surface area contributed by atoms with Gasteiger partial charge in [0, 0.05) is 35.6 Å². The molecule has 8 heteroatoms. The lowest BCUT2D eigenvalue weighted by Gasteiger charge is -2.04. The molecule has 0 aliphatic carbocycles. The molecule has 0 radical (unpaired) electrons. The first-order chi connectivity index (χ1) is 11.2. The van der Waals surface area contributed by atoms with Crippen molar-refractivity contribution in [2.24, 2.45) is 5.73 Å². The molecule has 23 heavy (non-hydrogen) atoms. The first-order valence-electron chi connectivity index (χ1n) is 7.06. The van der Waals surface area contributed by atoms with Crippen LogP contribution in [0.4, 0.5) is 5.82 Å². The summed E-state index contributed by atoms with van der Waals surface area (Å²) in [6.45, 7) is 0.562. The fourth-order valence-electron chi connectivity index (χ4n) is 2.16. The highest BCUT2D eigenvalue weighted by Crippen LogP contribution is 2.26. The molecule has 3 heterocycles. The van der Waals surface area contributed by atoms with Crippen LogP contribution in [-0.4, -0.2) is 27.0 Å². The average Bonchev–Trinajstić information content (AvgIpc) is 2.96. The molecule has 3 aromatic rings. The Morgan fingerprint density at radius 1 is 1.26 bits per heavy atom. The van der Waals surface area contributed by atoms with Crippen LogP contribution in [0, 0.1) is 0 Å². The Morgan fingerprint density at radius 2 is 2.13 bits per heavy atom. The van der Waals surface area contributed by atoms with Crippen molar-refractivity contribution >= 4 is 50.8 Å². The van der Waals surface area contributed by atoms with Crippen molar-refractivity contribution in [3.05, 3.63) is 35.0 Å². The maximum atomic E-state index is 5.80. The van der Waals surface area contributed by atoms with Crippen LogP contribution >= 0.6 is 34.9 Å². The fraction of sp³-hybridized carbons (Fsp3) is 0.267. The Labute approximate surface area is 147 Å². The minimum atomic E-state index is 0.511. The molecule has 0 atom stereocenters. The van der Waals surface area contributed by atoms with Gasteiger partial charge in [0.05, 0.1) is 4.70 Å². The normalized spacial score (nSPS) is 11.2. The van der Waals surface area contributed by atoms with Gasteiger partial charge in [-0.2, -0.15) is 0 Å². The number of hydrogen-bond donors (Lipinski definition) is 2. The molecule has 0 spiro atoms. The molecule has 4 N–H and O–H groups in total. The molecule has 0 saturated carbocycles. The summed E-state index contributed by atoms with van der Waals surface area (Å²) in [7, 11) is 0. The van der Waals surface area contributed by atoms with Crippen molar-refractivity contribution in [2.75, 3.05) is 17.7 Å². The smallest absolute Gasteiger partial charge is 0.190 e. The van der Waals surface area contributed by atoms with Crippen LogP contribution in [0.25, 0.3) is 10.1 Å². The molecule has 3 aromatic heterocycles. The van der Waals surface area contributed by atoms with E-state index in [1.807, 2.05) is 12.5 Å². The van der Waals surface area contributed by atoms with Gasteiger partial charge >= 0.3 is 0 Å². The van der Waals surface area contributed by atoms with Crippen molar-refractivity contribution in [3.8, 4) is 0 Å². The van der Waals surface area contributed by atoms with Crippen molar-refractivity contribution in [3.63, 3.8) is 0 Å². The number of pyridine rings is 1. The lowest BCUT2D eigenvalue weighted by Crippen LogP contribution is -1.98. The molecule has 0 aliphatic rings. The van der Waals surface area contributed by atoms with Crippen molar-refractivity contribution in [2.45, 2.75) is 23.1 Å². The van der Waals surface area contributed by atoms with Gasteiger partial charge in [-0.05, 0) is 29.7 Å². The summed E-state index contributed by atoms with van der Waals surface area (Å²) >= 11 is 4.85. The zero-order valence-electron chi connectivity index (χ0n) is 12.7. The Morgan fingerprint density at radius 3 is 2.91 bits per heavy atom.